The lowest BCUT2D eigenvalue weighted by Gasteiger charge is -2.35. The lowest BCUT2D eigenvalue weighted by molar-refractivity contribution is -0.139. The van der Waals surface area contributed by atoms with Crippen LogP contribution in [0.5, 0.6) is 0 Å². The zero-order valence-electron chi connectivity index (χ0n) is 10.6. The molecule has 2 rings (SSSR count). The number of carboxylic acids is 1. The van der Waals surface area contributed by atoms with Gasteiger partial charge in [-0.2, -0.15) is 0 Å². The number of carboxylic acid groups (broad SMARTS) is 1. The molecule has 1 atom stereocenters. The van der Waals surface area contributed by atoms with Crippen LogP contribution in [0.4, 0.5) is 5.82 Å². The van der Waals surface area contributed by atoms with Crippen LogP contribution in [-0.4, -0.2) is 47.0 Å². The lowest BCUT2D eigenvalue weighted by Crippen LogP contribution is -2.56. The van der Waals surface area contributed by atoms with Gasteiger partial charge in [-0.1, -0.05) is 6.07 Å². The van der Waals surface area contributed by atoms with Gasteiger partial charge in [-0.05, 0) is 12.1 Å². The summed E-state index contributed by atoms with van der Waals surface area (Å²) in [4.78, 5) is 39.4. The molecule has 2 amide bonds. The molecule has 1 saturated heterocycles. The van der Waals surface area contributed by atoms with Crippen LogP contribution in [0, 0.1) is 0 Å². The molecule has 20 heavy (non-hydrogen) atoms. The highest BCUT2D eigenvalue weighted by Gasteiger charge is 2.32. The quantitative estimate of drug-likeness (QED) is 0.646. The molecule has 106 valence electrons. The first-order valence-corrected chi connectivity index (χ1v) is 6.02. The van der Waals surface area contributed by atoms with Crippen LogP contribution in [0.25, 0.3) is 0 Å². The van der Waals surface area contributed by atoms with Gasteiger partial charge in [0.05, 0.1) is 6.42 Å². The average Bonchev–Trinajstić information content (AvgIpc) is 2.41. The third-order valence-corrected chi connectivity index (χ3v) is 2.98. The minimum atomic E-state index is -1.08. The number of anilines is 1. The number of hydrogen-bond acceptors (Lipinski definition) is 5. The molecule has 4 N–H and O–H groups in total. The van der Waals surface area contributed by atoms with Gasteiger partial charge in [-0.15, -0.1) is 0 Å². The Labute approximate surface area is 114 Å². The molecular formula is C12H14N4O4. The van der Waals surface area contributed by atoms with Crippen LogP contribution in [0.3, 0.4) is 0 Å². The highest BCUT2D eigenvalue weighted by Crippen LogP contribution is 2.18. The Morgan fingerprint density at radius 3 is 2.90 bits per heavy atom. The zero-order chi connectivity index (χ0) is 14.7. The molecular weight excluding hydrogens is 264 g/mol. The summed E-state index contributed by atoms with van der Waals surface area (Å²) in [6.07, 6.45) is -0.339. The Kier molecular flexibility index (Phi) is 3.83. The monoisotopic (exact) mass is 278 g/mol. The minimum absolute atomic E-state index is 0.0718. The Morgan fingerprint density at radius 2 is 2.25 bits per heavy atom. The van der Waals surface area contributed by atoms with Crippen molar-refractivity contribution in [2.75, 3.05) is 18.0 Å². The summed E-state index contributed by atoms with van der Waals surface area (Å²) in [6, 6.07) is 3.81. The number of nitrogens with two attached hydrogens (primary N) is 1. The normalized spacial score (nSPS) is 18.5. The molecule has 1 fully saturated rings. The first-order chi connectivity index (χ1) is 9.49. The van der Waals surface area contributed by atoms with E-state index in [9.17, 15) is 14.4 Å². The summed E-state index contributed by atoms with van der Waals surface area (Å²) in [5, 5.41) is 11.5. The molecule has 0 saturated carbocycles. The molecule has 1 aromatic heterocycles. The fraction of sp³-hybridized carbons (Fsp3) is 0.333. The number of piperazine rings is 1. The predicted molar refractivity (Wildman–Crippen MR) is 69.2 cm³/mol. The maximum atomic E-state index is 11.8. The maximum Gasteiger partial charge on any atom is 0.305 e. The summed E-state index contributed by atoms with van der Waals surface area (Å²) in [5.74, 6) is -1.77. The topological polar surface area (TPSA) is 126 Å². The molecule has 2 heterocycles. The van der Waals surface area contributed by atoms with Crippen molar-refractivity contribution in [2.24, 2.45) is 5.73 Å². The zero-order valence-corrected chi connectivity index (χ0v) is 10.6. The van der Waals surface area contributed by atoms with Crippen molar-refractivity contribution in [3.8, 4) is 0 Å². The average molecular weight is 278 g/mol. The highest BCUT2D eigenvalue weighted by atomic mass is 16.4. The van der Waals surface area contributed by atoms with Crippen LogP contribution < -0.4 is 16.0 Å². The van der Waals surface area contributed by atoms with E-state index in [4.69, 9.17) is 10.8 Å². The van der Waals surface area contributed by atoms with Crippen LogP contribution >= 0.6 is 0 Å². The Balaban J connectivity index is 2.32. The van der Waals surface area contributed by atoms with Gasteiger partial charge in [0.25, 0.3) is 5.91 Å². The predicted octanol–water partition coefficient (Wildman–Crippen LogP) is -1.04. The summed E-state index contributed by atoms with van der Waals surface area (Å²) in [6.45, 7) is 0.802. The number of rotatable bonds is 4. The molecule has 8 nitrogen and oxygen atoms in total. The Morgan fingerprint density at radius 1 is 1.50 bits per heavy atom. The maximum absolute atomic E-state index is 11.8. The summed E-state index contributed by atoms with van der Waals surface area (Å²) in [5.41, 5.74) is 5.23. The van der Waals surface area contributed by atoms with Gasteiger partial charge in [-0.3, -0.25) is 14.4 Å². The van der Waals surface area contributed by atoms with Crippen LogP contribution in [0.2, 0.25) is 0 Å². The van der Waals surface area contributed by atoms with Crippen molar-refractivity contribution in [3.05, 3.63) is 23.9 Å². The number of aromatic nitrogens is 1. The number of nitrogens with one attached hydrogen (secondary N) is 1. The van der Waals surface area contributed by atoms with E-state index >= 15 is 0 Å². The van der Waals surface area contributed by atoms with Gasteiger partial charge in [0, 0.05) is 13.1 Å². The fourth-order valence-electron chi connectivity index (χ4n) is 2.08. The van der Waals surface area contributed by atoms with E-state index in [0.717, 1.165) is 0 Å². The molecule has 1 aliphatic heterocycles. The third kappa shape index (κ3) is 2.85. The van der Waals surface area contributed by atoms with Gasteiger partial charge in [0.1, 0.15) is 17.6 Å². The Bertz CT molecular complexity index is 560. The Hall–Kier alpha value is -2.64. The van der Waals surface area contributed by atoms with Gasteiger partial charge in [0.2, 0.25) is 5.91 Å². The van der Waals surface area contributed by atoms with Crippen molar-refractivity contribution >= 4 is 23.6 Å². The number of nitrogens with zero attached hydrogens (tertiary/aromatic N) is 2. The van der Waals surface area contributed by atoms with E-state index in [2.05, 4.69) is 10.3 Å². The number of pyridine rings is 1. The second kappa shape index (κ2) is 5.55. The number of aliphatic carboxylic acids is 1. The fourth-order valence-corrected chi connectivity index (χ4v) is 2.08. The summed E-state index contributed by atoms with van der Waals surface area (Å²) >= 11 is 0. The van der Waals surface area contributed by atoms with E-state index in [-0.39, 0.29) is 18.0 Å². The van der Waals surface area contributed by atoms with E-state index in [1.54, 1.807) is 17.0 Å². The number of carbonyl (C=O) groups excluding carboxylic acids is 2. The minimum Gasteiger partial charge on any atom is -0.481 e. The van der Waals surface area contributed by atoms with Crippen molar-refractivity contribution in [3.63, 3.8) is 0 Å². The smallest absolute Gasteiger partial charge is 0.305 e. The second-order valence-electron chi connectivity index (χ2n) is 4.34. The third-order valence-electron chi connectivity index (χ3n) is 2.98. The van der Waals surface area contributed by atoms with Gasteiger partial charge in [-0.25, -0.2) is 4.98 Å². The molecule has 0 spiro atoms. The van der Waals surface area contributed by atoms with Gasteiger partial charge >= 0.3 is 5.97 Å². The summed E-state index contributed by atoms with van der Waals surface area (Å²) < 4.78 is 0. The largest absolute Gasteiger partial charge is 0.481 e. The van der Waals surface area contributed by atoms with E-state index in [0.29, 0.717) is 18.9 Å². The standard InChI is InChI=1S/C12H14N4O4/c13-11(19)7-2-1-3-9(15-7)16-5-4-14-12(20)8(16)6-10(17)18/h1-3,8H,4-6H2,(H2,13,19)(H,14,20)(H,17,18). The second-order valence-corrected chi connectivity index (χ2v) is 4.34. The molecule has 1 aromatic rings. The first kappa shape index (κ1) is 13.8. The SMILES string of the molecule is NC(=O)c1cccc(N2CCNC(=O)C2CC(=O)O)n1. The molecule has 0 radical (unpaired) electrons. The number of hydrogen-bond donors (Lipinski definition) is 3. The van der Waals surface area contributed by atoms with Crippen molar-refractivity contribution in [1.29, 1.82) is 0 Å². The van der Waals surface area contributed by atoms with Crippen molar-refractivity contribution < 1.29 is 19.5 Å². The first-order valence-electron chi connectivity index (χ1n) is 6.02. The van der Waals surface area contributed by atoms with Crippen LogP contribution in [0.1, 0.15) is 16.9 Å². The van der Waals surface area contributed by atoms with Crippen LogP contribution in [-0.2, 0) is 9.59 Å². The molecule has 0 aromatic carbocycles. The molecule has 0 bridgehead atoms. The van der Waals surface area contributed by atoms with Gasteiger partial charge < -0.3 is 21.1 Å². The summed E-state index contributed by atoms with van der Waals surface area (Å²) in [7, 11) is 0. The number of primary amides is 1. The lowest BCUT2D eigenvalue weighted by atomic mass is 10.1. The number of amides is 2. The van der Waals surface area contributed by atoms with Crippen molar-refractivity contribution in [2.45, 2.75) is 12.5 Å². The van der Waals surface area contributed by atoms with Crippen LogP contribution in [0.15, 0.2) is 18.2 Å². The molecule has 8 heteroatoms. The van der Waals surface area contributed by atoms with E-state index in [1.165, 1.54) is 6.07 Å². The van der Waals surface area contributed by atoms with E-state index < -0.39 is 17.9 Å². The number of carbonyl (C=O) groups is 3. The van der Waals surface area contributed by atoms with E-state index in [1.807, 2.05) is 0 Å². The van der Waals surface area contributed by atoms with Crippen molar-refractivity contribution in [1.82, 2.24) is 10.3 Å². The highest BCUT2D eigenvalue weighted by molar-refractivity contribution is 5.92. The molecule has 1 unspecified atom stereocenters. The molecule has 0 aliphatic carbocycles. The van der Waals surface area contributed by atoms with Gasteiger partial charge in [0.15, 0.2) is 0 Å². The molecule has 1 aliphatic rings.